The largest absolute Gasteiger partial charge is 0.494 e. The Kier molecular flexibility index (Phi) is 7.11. The molecule has 0 bridgehead atoms. The maximum atomic E-state index is 12.7. The Morgan fingerprint density at radius 1 is 0.931 bits per heavy atom. The number of piperazine rings is 1. The van der Waals surface area contributed by atoms with Gasteiger partial charge in [-0.1, -0.05) is 34.8 Å². The summed E-state index contributed by atoms with van der Waals surface area (Å²) in [6.07, 6.45) is 0. The van der Waals surface area contributed by atoms with E-state index < -0.39 is 0 Å². The zero-order valence-corrected chi connectivity index (χ0v) is 17.9. The second-order valence-corrected chi connectivity index (χ2v) is 7.64. The zero-order valence-electron chi connectivity index (χ0n) is 15.7. The third-order valence-corrected chi connectivity index (χ3v) is 5.36. The van der Waals surface area contributed by atoms with Gasteiger partial charge in [-0.2, -0.15) is 0 Å². The number of ether oxygens (including phenoxy) is 2. The van der Waals surface area contributed by atoms with Crippen LogP contribution in [-0.4, -0.2) is 61.5 Å². The van der Waals surface area contributed by atoms with Crippen LogP contribution in [0.2, 0.25) is 15.1 Å². The van der Waals surface area contributed by atoms with E-state index in [1.54, 1.807) is 34.1 Å². The van der Waals surface area contributed by atoms with Crippen LogP contribution >= 0.6 is 34.8 Å². The molecule has 2 aromatic carbocycles. The summed E-state index contributed by atoms with van der Waals surface area (Å²) >= 11 is 18.1. The molecule has 0 atom stereocenters. The minimum atomic E-state index is -0.194. The van der Waals surface area contributed by atoms with Crippen molar-refractivity contribution in [3.05, 3.63) is 57.0 Å². The lowest BCUT2D eigenvalue weighted by molar-refractivity contribution is -0.134. The number of hydrogen-bond donors (Lipinski definition) is 0. The maximum absolute atomic E-state index is 12.7. The van der Waals surface area contributed by atoms with Crippen LogP contribution in [-0.2, 0) is 4.79 Å². The van der Waals surface area contributed by atoms with Crippen LogP contribution in [0, 0.1) is 0 Å². The smallest absolute Gasteiger partial charge is 0.260 e. The average Bonchev–Trinajstić information content (AvgIpc) is 2.72. The van der Waals surface area contributed by atoms with E-state index in [9.17, 15) is 9.59 Å². The number of rotatable bonds is 5. The number of nitrogens with zero attached hydrogens (tertiary/aromatic N) is 2. The molecular weight excluding hydrogens is 439 g/mol. The third kappa shape index (κ3) is 5.26. The van der Waals surface area contributed by atoms with Crippen molar-refractivity contribution in [3.8, 4) is 11.5 Å². The molecule has 6 nitrogen and oxygen atoms in total. The molecule has 1 heterocycles. The van der Waals surface area contributed by atoms with Crippen molar-refractivity contribution in [1.82, 2.24) is 9.80 Å². The summed E-state index contributed by atoms with van der Waals surface area (Å²) < 4.78 is 10.6. The molecule has 1 aliphatic rings. The average molecular weight is 458 g/mol. The van der Waals surface area contributed by atoms with Gasteiger partial charge >= 0.3 is 0 Å². The summed E-state index contributed by atoms with van der Waals surface area (Å²) in [7, 11) is 1.46. The van der Waals surface area contributed by atoms with E-state index in [-0.39, 0.29) is 28.5 Å². The lowest BCUT2D eigenvalue weighted by Crippen LogP contribution is -2.51. The van der Waals surface area contributed by atoms with E-state index in [0.717, 1.165) is 0 Å². The zero-order chi connectivity index (χ0) is 21.0. The molecule has 0 saturated carbocycles. The highest BCUT2D eigenvalue weighted by molar-refractivity contribution is 6.37. The first-order valence-corrected chi connectivity index (χ1v) is 10.0. The van der Waals surface area contributed by atoms with Crippen molar-refractivity contribution in [3.63, 3.8) is 0 Å². The molecule has 154 valence electrons. The van der Waals surface area contributed by atoms with E-state index in [1.165, 1.54) is 19.2 Å². The summed E-state index contributed by atoms with van der Waals surface area (Å²) in [5.74, 6) is 0.578. The van der Waals surface area contributed by atoms with E-state index in [4.69, 9.17) is 44.3 Å². The van der Waals surface area contributed by atoms with Crippen molar-refractivity contribution in [2.45, 2.75) is 0 Å². The molecule has 1 aliphatic heterocycles. The van der Waals surface area contributed by atoms with E-state index in [2.05, 4.69) is 0 Å². The SMILES string of the molecule is COc1c(Cl)cc(C(=O)N2CCN(C(=O)COc3ccc(Cl)cc3)CC2)cc1Cl. The number of methoxy groups -OCH3 is 1. The normalized spacial score (nSPS) is 13.9. The van der Waals surface area contributed by atoms with Gasteiger partial charge in [0, 0.05) is 36.8 Å². The van der Waals surface area contributed by atoms with Gasteiger partial charge in [-0.25, -0.2) is 0 Å². The summed E-state index contributed by atoms with van der Waals surface area (Å²) in [5, 5.41) is 1.15. The molecule has 3 rings (SSSR count). The van der Waals surface area contributed by atoms with Crippen LogP contribution in [0.15, 0.2) is 36.4 Å². The topological polar surface area (TPSA) is 59.1 Å². The number of benzene rings is 2. The minimum absolute atomic E-state index is 0.0702. The highest BCUT2D eigenvalue weighted by atomic mass is 35.5. The van der Waals surface area contributed by atoms with E-state index in [1.807, 2.05) is 0 Å². The predicted octanol–water partition coefficient (Wildman–Crippen LogP) is 4.02. The minimum Gasteiger partial charge on any atom is -0.494 e. The number of amides is 2. The lowest BCUT2D eigenvalue weighted by Gasteiger charge is -2.34. The highest BCUT2D eigenvalue weighted by Crippen LogP contribution is 2.34. The molecule has 9 heteroatoms. The molecule has 2 aromatic rings. The number of carbonyl (C=O) groups is 2. The molecule has 0 aromatic heterocycles. The van der Waals surface area contributed by atoms with Crippen LogP contribution in [0.3, 0.4) is 0 Å². The van der Waals surface area contributed by atoms with Crippen LogP contribution < -0.4 is 9.47 Å². The van der Waals surface area contributed by atoms with E-state index >= 15 is 0 Å². The van der Waals surface area contributed by atoms with Crippen molar-refractivity contribution < 1.29 is 19.1 Å². The van der Waals surface area contributed by atoms with Gasteiger partial charge in [0.2, 0.25) is 0 Å². The monoisotopic (exact) mass is 456 g/mol. The van der Waals surface area contributed by atoms with Crippen molar-refractivity contribution in [2.24, 2.45) is 0 Å². The fourth-order valence-electron chi connectivity index (χ4n) is 2.99. The van der Waals surface area contributed by atoms with Crippen LogP contribution in [0.5, 0.6) is 11.5 Å². The molecule has 0 aliphatic carbocycles. The van der Waals surface area contributed by atoms with Crippen LogP contribution in [0.1, 0.15) is 10.4 Å². The Bertz CT molecular complexity index is 874. The fraction of sp³-hybridized carbons (Fsp3) is 0.300. The molecule has 1 saturated heterocycles. The second-order valence-electron chi connectivity index (χ2n) is 6.39. The number of halogens is 3. The Hall–Kier alpha value is -2.15. The second kappa shape index (κ2) is 9.57. The highest BCUT2D eigenvalue weighted by Gasteiger charge is 2.26. The Morgan fingerprint density at radius 2 is 1.48 bits per heavy atom. The summed E-state index contributed by atoms with van der Waals surface area (Å²) in [6, 6.07) is 9.87. The fourth-order valence-corrected chi connectivity index (χ4v) is 3.75. The van der Waals surface area contributed by atoms with Gasteiger partial charge in [0.25, 0.3) is 11.8 Å². The van der Waals surface area contributed by atoms with Crippen molar-refractivity contribution in [1.29, 1.82) is 0 Å². The standard InChI is InChI=1S/C20H19Cl3N2O4/c1-28-19-16(22)10-13(11-17(19)23)20(27)25-8-6-24(7-9-25)18(26)12-29-15-4-2-14(21)3-5-15/h2-5,10-11H,6-9,12H2,1H3. The quantitative estimate of drug-likeness (QED) is 0.680. The first kappa shape index (κ1) is 21.6. The van der Waals surface area contributed by atoms with Crippen LogP contribution in [0.25, 0.3) is 0 Å². The molecule has 0 unspecified atom stereocenters. The summed E-state index contributed by atoms with van der Waals surface area (Å²) in [5.41, 5.74) is 0.381. The number of hydrogen-bond acceptors (Lipinski definition) is 4. The molecule has 29 heavy (non-hydrogen) atoms. The Labute approximate surface area is 183 Å². The molecule has 0 radical (unpaired) electrons. The van der Waals surface area contributed by atoms with Crippen molar-refractivity contribution in [2.75, 3.05) is 39.9 Å². The van der Waals surface area contributed by atoms with E-state index in [0.29, 0.717) is 48.3 Å². The Balaban J connectivity index is 1.53. The maximum Gasteiger partial charge on any atom is 0.260 e. The lowest BCUT2D eigenvalue weighted by atomic mass is 10.1. The predicted molar refractivity (Wildman–Crippen MR) is 112 cm³/mol. The van der Waals surface area contributed by atoms with Gasteiger partial charge < -0.3 is 19.3 Å². The Morgan fingerprint density at radius 3 is 2.03 bits per heavy atom. The van der Waals surface area contributed by atoms with Gasteiger partial charge in [0.15, 0.2) is 12.4 Å². The third-order valence-electron chi connectivity index (χ3n) is 4.54. The van der Waals surface area contributed by atoms with Gasteiger partial charge in [-0.15, -0.1) is 0 Å². The first-order valence-electron chi connectivity index (χ1n) is 8.87. The molecule has 0 N–H and O–H groups in total. The molecule has 1 fully saturated rings. The molecular formula is C20H19Cl3N2O4. The van der Waals surface area contributed by atoms with Gasteiger partial charge in [0.1, 0.15) is 5.75 Å². The number of carbonyl (C=O) groups excluding carboxylic acids is 2. The van der Waals surface area contributed by atoms with Crippen molar-refractivity contribution >= 4 is 46.6 Å². The summed E-state index contributed by atoms with van der Waals surface area (Å²) in [4.78, 5) is 28.5. The first-order chi connectivity index (χ1) is 13.9. The summed E-state index contributed by atoms with van der Waals surface area (Å²) in [6.45, 7) is 1.59. The molecule has 2 amide bonds. The molecule has 0 spiro atoms. The van der Waals surface area contributed by atoms with Crippen LogP contribution in [0.4, 0.5) is 0 Å². The van der Waals surface area contributed by atoms with Gasteiger partial charge in [-0.05, 0) is 36.4 Å². The van der Waals surface area contributed by atoms with Gasteiger partial charge in [-0.3, -0.25) is 9.59 Å². The van der Waals surface area contributed by atoms with Gasteiger partial charge in [0.05, 0.1) is 17.2 Å².